The molecule has 0 aromatic carbocycles. The molecule has 3 rings (SSSR count). The highest BCUT2D eigenvalue weighted by atomic mass is 19.1. The van der Waals surface area contributed by atoms with Crippen LogP contribution in [0.5, 0.6) is 0 Å². The van der Waals surface area contributed by atoms with Crippen LogP contribution in [0.3, 0.4) is 0 Å². The minimum absolute atomic E-state index is 0.221. The van der Waals surface area contributed by atoms with Gasteiger partial charge in [-0.2, -0.15) is 0 Å². The fourth-order valence-corrected chi connectivity index (χ4v) is 1.87. The third kappa shape index (κ3) is 2.49. The second kappa shape index (κ2) is 5.08. The summed E-state index contributed by atoms with van der Waals surface area (Å²) in [6.45, 7) is 0.275. The van der Waals surface area contributed by atoms with Gasteiger partial charge in [0.25, 0.3) is 5.91 Å². The van der Waals surface area contributed by atoms with Crippen LogP contribution in [0.2, 0.25) is 0 Å². The average Bonchev–Trinajstić information content (AvgIpc) is 2.87. The minimum atomic E-state index is -0.333. The summed E-state index contributed by atoms with van der Waals surface area (Å²) < 4.78 is 14.6. The lowest BCUT2D eigenvalue weighted by Crippen LogP contribution is -2.22. The molecule has 0 saturated carbocycles. The summed E-state index contributed by atoms with van der Waals surface area (Å²) in [6.07, 6.45) is 6.12. The first-order valence-corrected chi connectivity index (χ1v) is 6.04. The number of hydrogen-bond donors (Lipinski definition) is 1. The Labute approximate surface area is 114 Å². The van der Waals surface area contributed by atoms with Gasteiger partial charge in [-0.3, -0.25) is 9.78 Å². The van der Waals surface area contributed by atoms with Crippen LogP contribution in [-0.2, 0) is 6.54 Å². The van der Waals surface area contributed by atoms with Crippen molar-refractivity contribution in [1.82, 2.24) is 19.7 Å². The maximum Gasteiger partial charge on any atom is 0.253 e. The molecule has 0 radical (unpaired) electrons. The van der Waals surface area contributed by atoms with Crippen molar-refractivity contribution in [2.75, 3.05) is 0 Å². The lowest BCUT2D eigenvalue weighted by molar-refractivity contribution is 0.0950. The number of aromatic nitrogens is 3. The molecule has 0 spiro atoms. The van der Waals surface area contributed by atoms with E-state index in [2.05, 4.69) is 15.3 Å². The van der Waals surface area contributed by atoms with Crippen molar-refractivity contribution in [3.63, 3.8) is 0 Å². The number of halogens is 1. The Kier molecular flexibility index (Phi) is 3.12. The molecule has 0 fully saturated rings. The molecule has 20 heavy (non-hydrogen) atoms. The summed E-state index contributed by atoms with van der Waals surface area (Å²) in [5.74, 6) is -0.554. The van der Waals surface area contributed by atoms with Crippen molar-refractivity contribution in [3.8, 4) is 0 Å². The molecule has 0 saturated heterocycles. The molecule has 0 aliphatic heterocycles. The Morgan fingerprint density at radius 3 is 3.00 bits per heavy atom. The van der Waals surface area contributed by atoms with Crippen LogP contribution in [0.1, 0.15) is 16.1 Å². The highest BCUT2D eigenvalue weighted by Crippen LogP contribution is 2.07. The van der Waals surface area contributed by atoms with E-state index in [0.29, 0.717) is 16.9 Å². The number of hydrogen-bond acceptors (Lipinski definition) is 3. The van der Waals surface area contributed by atoms with Crippen LogP contribution < -0.4 is 5.32 Å². The Hall–Kier alpha value is -2.76. The number of imidazole rings is 1. The van der Waals surface area contributed by atoms with E-state index in [9.17, 15) is 9.18 Å². The molecule has 0 unspecified atom stereocenters. The Morgan fingerprint density at radius 2 is 2.20 bits per heavy atom. The molecule has 3 aromatic heterocycles. The van der Waals surface area contributed by atoms with Crippen molar-refractivity contribution in [3.05, 3.63) is 66.1 Å². The number of rotatable bonds is 3. The number of carbonyl (C=O) groups excluding carboxylic acids is 1. The predicted molar refractivity (Wildman–Crippen MR) is 70.6 cm³/mol. The summed E-state index contributed by atoms with van der Waals surface area (Å²) in [5, 5.41) is 2.74. The van der Waals surface area contributed by atoms with Gasteiger partial charge >= 0.3 is 0 Å². The minimum Gasteiger partial charge on any atom is -0.346 e. The van der Waals surface area contributed by atoms with E-state index in [0.717, 1.165) is 0 Å². The van der Waals surface area contributed by atoms with Gasteiger partial charge in [-0.1, -0.05) is 0 Å². The van der Waals surface area contributed by atoms with E-state index >= 15 is 0 Å². The summed E-state index contributed by atoms with van der Waals surface area (Å²) in [4.78, 5) is 20.0. The molecule has 3 aromatic rings. The summed E-state index contributed by atoms with van der Waals surface area (Å²) >= 11 is 0. The van der Waals surface area contributed by atoms with Gasteiger partial charge in [0.1, 0.15) is 11.5 Å². The Balaban J connectivity index is 1.72. The van der Waals surface area contributed by atoms with E-state index < -0.39 is 0 Å². The Morgan fingerprint density at radius 1 is 1.30 bits per heavy atom. The summed E-state index contributed by atoms with van der Waals surface area (Å²) in [5.41, 5.74) is 1.78. The van der Waals surface area contributed by atoms with Gasteiger partial charge in [0.05, 0.1) is 17.8 Å². The van der Waals surface area contributed by atoms with Gasteiger partial charge in [0.2, 0.25) is 0 Å². The number of pyridine rings is 2. The molecule has 1 N–H and O–H groups in total. The maximum absolute atomic E-state index is 13.1. The molecular formula is C14H11FN4O. The highest BCUT2D eigenvalue weighted by Gasteiger charge is 2.07. The van der Waals surface area contributed by atoms with Crippen LogP contribution in [0, 0.1) is 5.82 Å². The van der Waals surface area contributed by atoms with Crippen LogP contribution >= 0.6 is 0 Å². The molecule has 0 bridgehead atoms. The molecule has 3 heterocycles. The van der Waals surface area contributed by atoms with Crippen molar-refractivity contribution in [2.24, 2.45) is 0 Å². The number of amides is 1. The zero-order chi connectivity index (χ0) is 13.9. The third-order valence-electron chi connectivity index (χ3n) is 2.82. The van der Waals surface area contributed by atoms with Crippen molar-refractivity contribution >= 4 is 11.6 Å². The van der Waals surface area contributed by atoms with Gasteiger partial charge in [-0.15, -0.1) is 0 Å². The molecule has 5 nitrogen and oxygen atoms in total. The van der Waals surface area contributed by atoms with Crippen LogP contribution in [0.15, 0.2) is 49.1 Å². The lowest BCUT2D eigenvalue weighted by atomic mass is 10.2. The van der Waals surface area contributed by atoms with E-state index in [1.165, 1.54) is 18.5 Å². The fraction of sp³-hybridized carbons (Fsp3) is 0.0714. The average molecular weight is 270 g/mol. The van der Waals surface area contributed by atoms with Crippen LogP contribution in [0.25, 0.3) is 5.65 Å². The van der Waals surface area contributed by atoms with Crippen LogP contribution in [0.4, 0.5) is 4.39 Å². The molecular weight excluding hydrogens is 259 g/mol. The van der Waals surface area contributed by atoms with Crippen molar-refractivity contribution < 1.29 is 9.18 Å². The highest BCUT2D eigenvalue weighted by molar-refractivity contribution is 5.93. The van der Waals surface area contributed by atoms with Gasteiger partial charge < -0.3 is 9.72 Å². The Bertz CT molecular complexity index is 754. The van der Waals surface area contributed by atoms with E-state index in [-0.39, 0.29) is 18.3 Å². The third-order valence-corrected chi connectivity index (χ3v) is 2.82. The van der Waals surface area contributed by atoms with Crippen molar-refractivity contribution in [2.45, 2.75) is 6.54 Å². The monoisotopic (exact) mass is 270 g/mol. The first-order valence-electron chi connectivity index (χ1n) is 6.04. The number of nitrogens with one attached hydrogen (secondary N) is 1. The molecule has 0 aliphatic rings. The fourth-order valence-electron chi connectivity index (χ4n) is 1.87. The summed E-state index contributed by atoms with van der Waals surface area (Å²) in [6, 6.07) is 6.31. The molecule has 0 aliphatic carbocycles. The zero-order valence-corrected chi connectivity index (χ0v) is 10.5. The normalized spacial score (nSPS) is 10.7. The number of fused-ring (bicyclic) bond motifs is 1. The maximum atomic E-state index is 13.1. The predicted octanol–water partition coefficient (Wildman–Crippen LogP) is 1.80. The largest absolute Gasteiger partial charge is 0.346 e. The van der Waals surface area contributed by atoms with Gasteiger partial charge in [-0.05, 0) is 24.3 Å². The van der Waals surface area contributed by atoms with E-state index in [4.69, 9.17) is 0 Å². The van der Waals surface area contributed by atoms with Crippen LogP contribution in [-0.4, -0.2) is 20.3 Å². The topological polar surface area (TPSA) is 59.3 Å². The smallest absolute Gasteiger partial charge is 0.253 e. The first-order chi connectivity index (χ1) is 9.72. The molecule has 1 amide bonds. The second-order valence-corrected chi connectivity index (χ2v) is 4.27. The quantitative estimate of drug-likeness (QED) is 0.789. The standard InChI is InChI=1S/C14H11FN4O/c15-11-3-4-13-18-12(9-19(13)8-11)7-17-14(20)10-2-1-5-16-6-10/h1-6,8-9H,7H2,(H,17,20). The zero-order valence-electron chi connectivity index (χ0n) is 10.5. The van der Waals surface area contributed by atoms with E-state index in [1.54, 1.807) is 35.0 Å². The first kappa shape index (κ1) is 12.3. The molecule has 100 valence electrons. The molecule has 0 atom stereocenters. The van der Waals surface area contributed by atoms with Gasteiger partial charge in [0.15, 0.2) is 0 Å². The van der Waals surface area contributed by atoms with E-state index in [1.807, 2.05) is 0 Å². The van der Waals surface area contributed by atoms with Gasteiger partial charge in [-0.25, -0.2) is 9.37 Å². The van der Waals surface area contributed by atoms with Crippen molar-refractivity contribution in [1.29, 1.82) is 0 Å². The summed E-state index contributed by atoms with van der Waals surface area (Å²) in [7, 11) is 0. The second-order valence-electron chi connectivity index (χ2n) is 4.27. The number of carbonyl (C=O) groups is 1. The number of nitrogens with zero attached hydrogens (tertiary/aromatic N) is 3. The van der Waals surface area contributed by atoms with Gasteiger partial charge in [0, 0.05) is 24.8 Å². The SMILES string of the molecule is O=C(NCc1cn2cc(F)ccc2n1)c1cccnc1. The lowest BCUT2D eigenvalue weighted by Gasteiger charge is -2.01. The molecule has 6 heteroatoms.